The number of rotatable bonds is 13. The monoisotopic (exact) mass is 586 g/mol. The van der Waals surface area contributed by atoms with E-state index in [1.165, 1.54) is 19.5 Å². The maximum absolute atomic E-state index is 13.9. The molecule has 4 rings (SSSR count). The number of methoxy groups -OCH3 is 1. The van der Waals surface area contributed by atoms with E-state index >= 15 is 0 Å². The topological polar surface area (TPSA) is 144 Å². The number of ether oxygens (including phenoxy) is 1. The first-order chi connectivity index (χ1) is 20.7. The van der Waals surface area contributed by atoms with E-state index in [-0.39, 0.29) is 36.6 Å². The van der Waals surface area contributed by atoms with Crippen LogP contribution < -0.4 is 10.8 Å². The van der Waals surface area contributed by atoms with Crippen LogP contribution in [0.2, 0.25) is 0 Å². The molecule has 224 valence electrons. The molecule has 11 heteroatoms. The highest BCUT2D eigenvalue weighted by Crippen LogP contribution is 2.29. The minimum atomic E-state index is -1.21. The fraction of sp³-hybridized carbons (Fsp3) is 0.312. The highest BCUT2D eigenvalue weighted by atomic mass is 16.6. The van der Waals surface area contributed by atoms with E-state index in [1.807, 2.05) is 44.2 Å². The molecule has 0 radical (unpaired) electrons. The SMILES string of the molecule is COC(=O)[C@@H](NC(=O)[C@H](CC(C)C)[C@H](CN1C(=O)c2ccccc2C1=O)C(=O)NOCc1ccccc1)c1ccncc1. The fourth-order valence-electron chi connectivity index (χ4n) is 5.00. The predicted octanol–water partition coefficient (Wildman–Crippen LogP) is 3.23. The summed E-state index contributed by atoms with van der Waals surface area (Å²) in [5, 5.41) is 2.72. The van der Waals surface area contributed by atoms with Gasteiger partial charge in [0.25, 0.3) is 11.8 Å². The van der Waals surface area contributed by atoms with Crippen molar-refractivity contribution in [3.63, 3.8) is 0 Å². The summed E-state index contributed by atoms with van der Waals surface area (Å²) in [5.41, 5.74) is 4.10. The average Bonchev–Trinajstić information content (AvgIpc) is 3.26. The standard InChI is InChI=1S/C32H34N4O7/c1-20(2)17-25(28(37)34-27(32(41)42-3)22-13-15-33-16-14-22)26(29(38)35-43-19-21-9-5-4-6-10-21)18-36-30(39)23-11-7-8-12-24(23)31(36)40/h4-16,20,25-27H,17-19H2,1-3H3,(H,34,37)(H,35,38)/t25-,26+,27+/m1/s1. The maximum Gasteiger partial charge on any atom is 0.333 e. The van der Waals surface area contributed by atoms with Crippen LogP contribution in [0.3, 0.4) is 0 Å². The van der Waals surface area contributed by atoms with Crippen molar-refractivity contribution < 1.29 is 33.5 Å². The number of hydrogen-bond acceptors (Lipinski definition) is 8. The Labute approximate surface area is 249 Å². The summed E-state index contributed by atoms with van der Waals surface area (Å²) < 4.78 is 4.93. The number of aromatic nitrogens is 1. The van der Waals surface area contributed by atoms with Crippen LogP contribution in [0, 0.1) is 17.8 Å². The summed E-state index contributed by atoms with van der Waals surface area (Å²) >= 11 is 0. The smallest absolute Gasteiger partial charge is 0.333 e. The molecule has 3 aromatic rings. The molecule has 0 unspecified atom stereocenters. The van der Waals surface area contributed by atoms with E-state index < -0.39 is 47.5 Å². The fourth-order valence-corrected chi connectivity index (χ4v) is 5.00. The Kier molecular flexibility index (Phi) is 10.3. The van der Waals surface area contributed by atoms with Gasteiger partial charge in [-0.05, 0) is 47.7 Å². The number of esters is 1. The zero-order chi connectivity index (χ0) is 30.9. The van der Waals surface area contributed by atoms with E-state index in [0.717, 1.165) is 10.5 Å². The maximum atomic E-state index is 13.9. The molecule has 3 atom stereocenters. The van der Waals surface area contributed by atoms with Crippen molar-refractivity contribution in [1.82, 2.24) is 20.7 Å². The Morgan fingerprint density at radius 1 is 0.837 bits per heavy atom. The molecule has 2 aromatic carbocycles. The molecular formula is C32H34N4O7. The molecule has 1 aromatic heterocycles. The first-order valence-electron chi connectivity index (χ1n) is 13.9. The molecule has 43 heavy (non-hydrogen) atoms. The number of fused-ring (bicyclic) bond motifs is 1. The highest BCUT2D eigenvalue weighted by molar-refractivity contribution is 6.21. The van der Waals surface area contributed by atoms with E-state index in [2.05, 4.69) is 15.8 Å². The van der Waals surface area contributed by atoms with Crippen molar-refractivity contribution in [2.24, 2.45) is 17.8 Å². The first-order valence-corrected chi connectivity index (χ1v) is 13.9. The summed E-state index contributed by atoms with van der Waals surface area (Å²) in [6.07, 6.45) is 3.16. The van der Waals surface area contributed by atoms with Gasteiger partial charge in [0.05, 0.1) is 36.7 Å². The van der Waals surface area contributed by atoms with Crippen molar-refractivity contribution in [3.05, 3.63) is 101 Å². The Bertz CT molecular complexity index is 1430. The van der Waals surface area contributed by atoms with E-state index in [1.54, 1.807) is 36.4 Å². The number of nitrogens with one attached hydrogen (secondary N) is 2. The normalized spacial score (nSPS) is 14.6. The van der Waals surface area contributed by atoms with E-state index in [4.69, 9.17) is 9.57 Å². The molecule has 2 heterocycles. The van der Waals surface area contributed by atoms with Gasteiger partial charge in [0, 0.05) is 18.9 Å². The van der Waals surface area contributed by atoms with Gasteiger partial charge in [-0.25, -0.2) is 10.3 Å². The van der Waals surface area contributed by atoms with Gasteiger partial charge in [-0.1, -0.05) is 56.3 Å². The molecule has 4 amide bonds. The van der Waals surface area contributed by atoms with Gasteiger partial charge in [0.15, 0.2) is 6.04 Å². The third-order valence-corrected chi connectivity index (χ3v) is 7.16. The number of amides is 4. The van der Waals surface area contributed by atoms with Crippen molar-refractivity contribution in [2.45, 2.75) is 32.9 Å². The number of benzene rings is 2. The lowest BCUT2D eigenvalue weighted by molar-refractivity contribution is -0.148. The van der Waals surface area contributed by atoms with Crippen LogP contribution in [0.25, 0.3) is 0 Å². The molecule has 2 N–H and O–H groups in total. The number of imide groups is 1. The Morgan fingerprint density at radius 3 is 2.02 bits per heavy atom. The predicted molar refractivity (Wildman–Crippen MR) is 155 cm³/mol. The van der Waals surface area contributed by atoms with Crippen molar-refractivity contribution >= 4 is 29.6 Å². The summed E-state index contributed by atoms with van der Waals surface area (Å²) in [7, 11) is 1.21. The summed E-state index contributed by atoms with van der Waals surface area (Å²) in [4.78, 5) is 77.3. The number of hydrogen-bond donors (Lipinski definition) is 2. The molecule has 11 nitrogen and oxygen atoms in total. The second kappa shape index (κ2) is 14.3. The lowest BCUT2D eigenvalue weighted by atomic mass is 9.83. The van der Waals surface area contributed by atoms with Crippen molar-refractivity contribution in [2.75, 3.05) is 13.7 Å². The number of carbonyl (C=O) groups excluding carboxylic acids is 5. The molecule has 0 spiro atoms. The van der Waals surface area contributed by atoms with Crippen molar-refractivity contribution in [3.8, 4) is 0 Å². The zero-order valence-corrected chi connectivity index (χ0v) is 24.2. The number of hydroxylamine groups is 1. The Balaban J connectivity index is 1.64. The van der Waals surface area contributed by atoms with Crippen LogP contribution in [-0.2, 0) is 30.6 Å². The van der Waals surface area contributed by atoms with Crippen LogP contribution in [0.4, 0.5) is 0 Å². The molecule has 0 fully saturated rings. The number of nitrogens with zero attached hydrogens (tertiary/aromatic N) is 2. The van der Waals surface area contributed by atoms with E-state index in [0.29, 0.717) is 5.56 Å². The quantitative estimate of drug-likeness (QED) is 0.177. The summed E-state index contributed by atoms with van der Waals surface area (Å²) in [6.45, 7) is 3.43. The zero-order valence-electron chi connectivity index (χ0n) is 24.2. The first kappa shape index (κ1) is 31.0. The minimum absolute atomic E-state index is 0.0554. The Hall–Kier alpha value is -4.90. The lowest BCUT2D eigenvalue weighted by Crippen LogP contribution is -2.50. The van der Waals surface area contributed by atoms with Gasteiger partial charge >= 0.3 is 5.97 Å². The average molecular weight is 587 g/mol. The molecule has 0 aliphatic carbocycles. The Morgan fingerprint density at radius 2 is 1.44 bits per heavy atom. The van der Waals surface area contributed by atoms with Crippen LogP contribution in [-0.4, -0.2) is 53.1 Å². The van der Waals surface area contributed by atoms with Gasteiger partial charge in [0.1, 0.15) is 0 Å². The third-order valence-electron chi connectivity index (χ3n) is 7.16. The summed E-state index contributed by atoms with van der Waals surface area (Å²) in [5.74, 6) is -5.48. The molecule has 0 saturated carbocycles. The minimum Gasteiger partial charge on any atom is -0.467 e. The second-order valence-corrected chi connectivity index (χ2v) is 10.6. The van der Waals surface area contributed by atoms with Crippen LogP contribution in [0.1, 0.15) is 58.2 Å². The third kappa shape index (κ3) is 7.49. The van der Waals surface area contributed by atoms with Crippen LogP contribution in [0.5, 0.6) is 0 Å². The molecular weight excluding hydrogens is 552 g/mol. The van der Waals surface area contributed by atoms with Gasteiger partial charge in [-0.2, -0.15) is 0 Å². The van der Waals surface area contributed by atoms with E-state index in [9.17, 15) is 24.0 Å². The van der Waals surface area contributed by atoms with Crippen molar-refractivity contribution in [1.29, 1.82) is 0 Å². The molecule has 0 saturated heterocycles. The second-order valence-electron chi connectivity index (χ2n) is 10.6. The van der Waals surface area contributed by atoms with Gasteiger partial charge in [-0.15, -0.1) is 0 Å². The van der Waals surface area contributed by atoms with Gasteiger partial charge in [-0.3, -0.25) is 33.9 Å². The van der Waals surface area contributed by atoms with Crippen LogP contribution >= 0.6 is 0 Å². The van der Waals surface area contributed by atoms with Gasteiger partial charge in [0.2, 0.25) is 11.8 Å². The van der Waals surface area contributed by atoms with Crippen LogP contribution in [0.15, 0.2) is 79.1 Å². The number of pyridine rings is 1. The molecule has 0 bridgehead atoms. The lowest BCUT2D eigenvalue weighted by Gasteiger charge is -2.30. The van der Waals surface area contributed by atoms with Gasteiger partial charge < -0.3 is 10.1 Å². The summed E-state index contributed by atoms with van der Waals surface area (Å²) in [6, 6.07) is 17.5. The molecule has 1 aliphatic heterocycles. The number of carbonyl (C=O) groups is 5. The highest BCUT2D eigenvalue weighted by Gasteiger charge is 2.43. The largest absolute Gasteiger partial charge is 0.467 e. The molecule has 1 aliphatic rings.